The molecule has 0 aromatic carbocycles. The highest BCUT2D eigenvalue weighted by Crippen LogP contribution is 2.04. The van der Waals surface area contributed by atoms with Crippen LogP contribution in [-0.2, 0) is 4.79 Å². The number of nitrogens with one attached hydrogen (secondary N) is 1. The van der Waals surface area contributed by atoms with Crippen molar-refractivity contribution in [1.29, 1.82) is 0 Å². The summed E-state index contributed by atoms with van der Waals surface area (Å²) in [5, 5.41) is 19.8. The van der Waals surface area contributed by atoms with Crippen molar-refractivity contribution < 1.29 is 15.0 Å². The molecule has 5 heteroatoms. The second-order valence-corrected chi connectivity index (χ2v) is 2.00. The molecule has 0 fully saturated rings. The maximum atomic E-state index is 10.2. The molecule has 0 saturated heterocycles. The monoisotopic (exact) mass is 144 g/mol. The Hall–Kier alpha value is -0.940. The van der Waals surface area contributed by atoms with Crippen LogP contribution in [0.5, 0.6) is 0 Å². The van der Waals surface area contributed by atoms with Gasteiger partial charge in [-0.3, -0.25) is 5.32 Å². The molecule has 0 amide bonds. The van der Waals surface area contributed by atoms with E-state index in [2.05, 4.69) is 10.3 Å². The zero-order valence-electron chi connectivity index (χ0n) is 5.24. The summed E-state index contributed by atoms with van der Waals surface area (Å²) >= 11 is 0. The summed E-state index contributed by atoms with van der Waals surface area (Å²) in [5.41, 5.74) is 0. The van der Waals surface area contributed by atoms with Crippen LogP contribution in [0, 0.1) is 0 Å². The number of aliphatic imine (C=N–C) groups is 1. The molecule has 1 aliphatic heterocycles. The van der Waals surface area contributed by atoms with Crippen molar-refractivity contribution in [3.8, 4) is 0 Å². The van der Waals surface area contributed by atoms with Gasteiger partial charge in [-0.15, -0.1) is 0 Å². The van der Waals surface area contributed by atoms with Crippen LogP contribution in [0.3, 0.4) is 0 Å². The molecular weight excluding hydrogens is 136 g/mol. The Balaban J connectivity index is 2.75. The Labute approximate surface area is 57.4 Å². The predicted molar refractivity (Wildman–Crippen MR) is 33.7 cm³/mol. The molecule has 0 spiro atoms. The fourth-order valence-corrected chi connectivity index (χ4v) is 0.684. The molecule has 1 unspecified atom stereocenters. The van der Waals surface area contributed by atoms with Crippen molar-refractivity contribution in [3.63, 3.8) is 0 Å². The highest BCUT2D eigenvalue weighted by molar-refractivity contribution is 5.79. The van der Waals surface area contributed by atoms with Crippen LogP contribution in [0.4, 0.5) is 0 Å². The second kappa shape index (κ2) is 2.36. The predicted octanol–water partition coefficient (Wildman–Crippen LogP) is -1.22. The summed E-state index contributed by atoms with van der Waals surface area (Å²) in [7, 11) is 0. The third kappa shape index (κ3) is 1.14. The van der Waals surface area contributed by atoms with Gasteiger partial charge in [0.1, 0.15) is 0 Å². The molecule has 1 heterocycles. The molecule has 5 nitrogen and oxygen atoms in total. The van der Waals surface area contributed by atoms with E-state index in [4.69, 9.17) is 10.2 Å². The van der Waals surface area contributed by atoms with E-state index in [0.29, 0.717) is 13.0 Å². The number of rotatable bonds is 1. The van der Waals surface area contributed by atoms with Gasteiger partial charge < -0.3 is 10.2 Å². The van der Waals surface area contributed by atoms with Gasteiger partial charge in [0.15, 0.2) is 0 Å². The molecule has 0 aromatic rings. The molecule has 1 atom stereocenters. The highest BCUT2D eigenvalue weighted by Gasteiger charge is 2.35. The maximum Gasteiger partial charge on any atom is 0.375 e. The lowest BCUT2D eigenvalue weighted by atomic mass is 10.3. The Kier molecular flexibility index (Phi) is 1.69. The van der Waals surface area contributed by atoms with Crippen LogP contribution in [0.2, 0.25) is 0 Å². The number of aliphatic hydroxyl groups is 1. The lowest BCUT2D eigenvalue weighted by Gasteiger charge is -2.22. The summed E-state index contributed by atoms with van der Waals surface area (Å²) < 4.78 is 0. The first-order valence-corrected chi connectivity index (χ1v) is 2.89. The standard InChI is InChI=1S/C5H8N2O3/c8-4(9)5(10)6-2-1-3-7-5/h2,7,10H,1,3H2,(H,8,9). The quantitative estimate of drug-likeness (QED) is 0.431. The molecule has 3 N–H and O–H groups in total. The van der Waals surface area contributed by atoms with Crippen LogP contribution < -0.4 is 5.32 Å². The first-order valence-electron chi connectivity index (χ1n) is 2.89. The molecule has 0 aromatic heterocycles. The van der Waals surface area contributed by atoms with Crippen LogP contribution in [0.15, 0.2) is 4.99 Å². The number of carboxylic acids is 1. The van der Waals surface area contributed by atoms with E-state index in [-0.39, 0.29) is 0 Å². The van der Waals surface area contributed by atoms with Gasteiger partial charge in [-0.1, -0.05) is 0 Å². The topological polar surface area (TPSA) is 81.9 Å². The zero-order valence-corrected chi connectivity index (χ0v) is 5.24. The third-order valence-corrected chi connectivity index (χ3v) is 1.22. The van der Waals surface area contributed by atoms with Crippen molar-refractivity contribution in [3.05, 3.63) is 0 Å². The van der Waals surface area contributed by atoms with Gasteiger partial charge in [-0.2, -0.15) is 0 Å². The molecule has 0 aliphatic carbocycles. The summed E-state index contributed by atoms with van der Waals surface area (Å²) in [4.78, 5) is 13.6. The van der Waals surface area contributed by atoms with E-state index in [1.807, 2.05) is 0 Å². The normalized spacial score (nSPS) is 32.1. The summed E-state index contributed by atoms with van der Waals surface area (Å²) in [6.07, 6.45) is 2.04. The number of hydrogen-bond donors (Lipinski definition) is 3. The van der Waals surface area contributed by atoms with Gasteiger partial charge in [0.2, 0.25) is 0 Å². The Bertz CT molecular complexity index is 180. The van der Waals surface area contributed by atoms with Gasteiger partial charge >= 0.3 is 11.8 Å². The molecule has 10 heavy (non-hydrogen) atoms. The minimum Gasteiger partial charge on any atom is -0.477 e. The smallest absolute Gasteiger partial charge is 0.375 e. The fraction of sp³-hybridized carbons (Fsp3) is 0.600. The van der Waals surface area contributed by atoms with E-state index in [1.54, 1.807) is 0 Å². The average Bonchev–Trinajstić information content (AvgIpc) is 1.89. The van der Waals surface area contributed by atoms with Gasteiger partial charge in [-0.05, 0) is 6.42 Å². The van der Waals surface area contributed by atoms with Crippen LogP contribution in [-0.4, -0.2) is 34.8 Å². The average molecular weight is 144 g/mol. The van der Waals surface area contributed by atoms with E-state index in [9.17, 15) is 4.79 Å². The number of carbonyl (C=O) groups is 1. The van der Waals surface area contributed by atoms with E-state index >= 15 is 0 Å². The van der Waals surface area contributed by atoms with Gasteiger partial charge in [0, 0.05) is 12.8 Å². The van der Waals surface area contributed by atoms with Gasteiger partial charge in [0.25, 0.3) is 0 Å². The minimum atomic E-state index is -2.09. The van der Waals surface area contributed by atoms with E-state index < -0.39 is 11.8 Å². The lowest BCUT2D eigenvalue weighted by Crippen LogP contribution is -2.52. The van der Waals surface area contributed by atoms with Crippen LogP contribution in [0.1, 0.15) is 6.42 Å². The summed E-state index contributed by atoms with van der Waals surface area (Å²) in [5.74, 6) is -3.46. The molecule has 1 rings (SSSR count). The van der Waals surface area contributed by atoms with Gasteiger partial charge in [0.05, 0.1) is 0 Å². The van der Waals surface area contributed by atoms with Crippen LogP contribution in [0.25, 0.3) is 0 Å². The molecule has 0 radical (unpaired) electrons. The number of aliphatic carboxylic acids is 1. The number of hydrogen-bond acceptors (Lipinski definition) is 4. The Morgan fingerprint density at radius 2 is 2.50 bits per heavy atom. The molecule has 1 aliphatic rings. The first-order chi connectivity index (χ1) is 4.65. The zero-order chi connectivity index (χ0) is 7.61. The van der Waals surface area contributed by atoms with E-state index in [0.717, 1.165) is 0 Å². The number of nitrogens with zero attached hydrogens (tertiary/aromatic N) is 1. The minimum absolute atomic E-state index is 0.437. The van der Waals surface area contributed by atoms with Crippen molar-refractivity contribution in [1.82, 2.24) is 5.32 Å². The van der Waals surface area contributed by atoms with Gasteiger partial charge in [-0.25, -0.2) is 9.79 Å². The lowest BCUT2D eigenvalue weighted by molar-refractivity contribution is -0.161. The molecule has 0 saturated carbocycles. The largest absolute Gasteiger partial charge is 0.477 e. The van der Waals surface area contributed by atoms with E-state index in [1.165, 1.54) is 6.21 Å². The fourth-order valence-electron chi connectivity index (χ4n) is 0.684. The SMILES string of the molecule is O=C(O)C1(O)N=CCCN1. The van der Waals surface area contributed by atoms with Crippen molar-refractivity contribution >= 4 is 12.2 Å². The first kappa shape index (κ1) is 7.17. The van der Waals surface area contributed by atoms with Crippen molar-refractivity contribution in [2.45, 2.75) is 12.3 Å². The number of carboxylic acid groups (broad SMARTS) is 1. The Morgan fingerprint density at radius 3 is 2.80 bits per heavy atom. The summed E-state index contributed by atoms with van der Waals surface area (Å²) in [6, 6.07) is 0. The molecule has 0 bridgehead atoms. The Morgan fingerprint density at radius 1 is 1.80 bits per heavy atom. The molecular formula is C5H8N2O3. The van der Waals surface area contributed by atoms with Crippen LogP contribution >= 0.6 is 0 Å². The maximum absolute atomic E-state index is 10.2. The third-order valence-electron chi connectivity index (χ3n) is 1.22. The molecule has 56 valence electrons. The second-order valence-electron chi connectivity index (χ2n) is 2.00. The summed E-state index contributed by atoms with van der Waals surface area (Å²) in [6.45, 7) is 0.437. The highest BCUT2D eigenvalue weighted by atomic mass is 16.4. The van der Waals surface area contributed by atoms with Crippen molar-refractivity contribution in [2.75, 3.05) is 6.54 Å². The van der Waals surface area contributed by atoms with Crippen molar-refractivity contribution in [2.24, 2.45) is 4.99 Å².